The van der Waals surface area contributed by atoms with Crippen LogP contribution in [0.4, 0.5) is 14.5 Å². The van der Waals surface area contributed by atoms with Gasteiger partial charge < -0.3 is 10.1 Å². The Bertz CT molecular complexity index is 1330. The van der Waals surface area contributed by atoms with Crippen molar-refractivity contribution in [1.82, 2.24) is 15.3 Å². The topological polar surface area (TPSA) is 67.3 Å². The molecule has 1 aliphatic heterocycles. The van der Waals surface area contributed by atoms with Crippen molar-refractivity contribution < 1.29 is 18.3 Å². The lowest BCUT2D eigenvalue weighted by Crippen LogP contribution is -2.30. The Morgan fingerprint density at radius 2 is 1.94 bits per heavy atom. The summed E-state index contributed by atoms with van der Waals surface area (Å²) in [6, 6.07) is 14.3. The van der Waals surface area contributed by atoms with Crippen molar-refractivity contribution in [3.05, 3.63) is 82.3 Å². The third-order valence-corrected chi connectivity index (χ3v) is 6.46. The highest BCUT2D eigenvalue weighted by atomic mass is 32.2. The fraction of sp³-hybridized carbons (Fsp3) is 0.200. The number of anilines is 1. The summed E-state index contributed by atoms with van der Waals surface area (Å²) in [4.78, 5) is 22.8. The standard InChI is InChI=1S/C25H22F2N4O2S2/c1-14-6-4-5-7-20(14)31-23(32)19(30-25(31)34)12-16-8-9-21(33-3)17(11-16)13-35-24-28-15(2)10-18(29-24)22(26)27/h4-12,22H,13H2,1-3H3,(H,30,34)/b19-12+. The monoisotopic (exact) mass is 512 g/mol. The molecule has 1 aliphatic rings. The number of hydrogen-bond donors (Lipinski definition) is 1. The molecule has 4 rings (SSSR count). The van der Waals surface area contributed by atoms with Gasteiger partial charge in [0.25, 0.3) is 12.3 Å². The molecule has 1 amide bonds. The molecule has 35 heavy (non-hydrogen) atoms. The number of halogens is 2. The number of alkyl halides is 2. The Hall–Kier alpha value is -3.37. The number of nitrogens with zero attached hydrogens (tertiary/aromatic N) is 3. The van der Waals surface area contributed by atoms with Crippen LogP contribution in [-0.4, -0.2) is 28.1 Å². The Labute approximate surface area is 211 Å². The lowest BCUT2D eigenvalue weighted by atomic mass is 10.1. The van der Waals surface area contributed by atoms with Crippen LogP contribution in [0.2, 0.25) is 0 Å². The van der Waals surface area contributed by atoms with Gasteiger partial charge in [-0.2, -0.15) is 0 Å². The zero-order valence-electron chi connectivity index (χ0n) is 19.2. The van der Waals surface area contributed by atoms with E-state index in [1.807, 2.05) is 43.3 Å². The summed E-state index contributed by atoms with van der Waals surface area (Å²) in [6.07, 6.45) is -0.944. The van der Waals surface area contributed by atoms with E-state index in [2.05, 4.69) is 15.3 Å². The SMILES string of the molecule is COc1ccc(/C=C2/NC(=S)N(c3ccccc3C)C2=O)cc1CSc1nc(C)cc(C(F)F)n1. The summed E-state index contributed by atoms with van der Waals surface area (Å²) in [5, 5.41) is 3.57. The van der Waals surface area contributed by atoms with E-state index in [1.165, 1.54) is 22.7 Å². The van der Waals surface area contributed by atoms with E-state index in [-0.39, 0.29) is 16.8 Å². The number of rotatable bonds is 7. The Morgan fingerprint density at radius 1 is 1.17 bits per heavy atom. The average Bonchev–Trinajstić information content (AvgIpc) is 3.10. The predicted octanol–water partition coefficient (Wildman–Crippen LogP) is 5.59. The smallest absolute Gasteiger partial charge is 0.281 e. The van der Waals surface area contributed by atoms with Crippen LogP contribution in [0.25, 0.3) is 6.08 Å². The second kappa shape index (κ2) is 10.5. The fourth-order valence-electron chi connectivity index (χ4n) is 3.62. The zero-order chi connectivity index (χ0) is 25.1. The lowest BCUT2D eigenvalue weighted by Gasteiger charge is -2.16. The molecule has 0 saturated carbocycles. The molecule has 2 aromatic carbocycles. The first-order valence-electron chi connectivity index (χ1n) is 10.6. The minimum Gasteiger partial charge on any atom is -0.496 e. The zero-order valence-corrected chi connectivity index (χ0v) is 20.8. The molecule has 10 heteroatoms. The van der Waals surface area contributed by atoms with Gasteiger partial charge in [-0.1, -0.05) is 36.0 Å². The van der Waals surface area contributed by atoms with Crippen LogP contribution in [0.3, 0.4) is 0 Å². The molecule has 3 aromatic rings. The Kier molecular flexibility index (Phi) is 7.42. The third kappa shape index (κ3) is 5.49. The Balaban J connectivity index is 1.58. The highest BCUT2D eigenvalue weighted by Crippen LogP contribution is 2.30. The molecule has 6 nitrogen and oxygen atoms in total. The molecule has 0 spiro atoms. The maximum atomic E-state index is 13.1. The number of thioether (sulfide) groups is 1. The minimum absolute atomic E-state index is 0.247. The van der Waals surface area contributed by atoms with E-state index in [1.54, 1.807) is 26.2 Å². The molecule has 0 aliphatic carbocycles. The molecule has 1 saturated heterocycles. The van der Waals surface area contributed by atoms with Gasteiger partial charge >= 0.3 is 0 Å². The Morgan fingerprint density at radius 3 is 2.66 bits per heavy atom. The number of amides is 1. The van der Waals surface area contributed by atoms with Gasteiger partial charge in [0.2, 0.25) is 0 Å². The van der Waals surface area contributed by atoms with Crippen molar-refractivity contribution in [2.24, 2.45) is 0 Å². The fourth-order valence-corrected chi connectivity index (χ4v) is 4.80. The quantitative estimate of drug-likeness (QED) is 0.191. The molecular weight excluding hydrogens is 490 g/mol. The van der Waals surface area contributed by atoms with E-state index < -0.39 is 6.43 Å². The molecule has 0 atom stereocenters. The largest absolute Gasteiger partial charge is 0.496 e. The normalized spacial score (nSPS) is 14.7. The average molecular weight is 513 g/mol. The number of ether oxygens (including phenoxy) is 1. The number of carbonyl (C=O) groups excluding carboxylic acids is 1. The van der Waals surface area contributed by atoms with E-state index in [4.69, 9.17) is 17.0 Å². The number of aromatic nitrogens is 2. The number of carbonyl (C=O) groups is 1. The molecule has 0 unspecified atom stereocenters. The van der Waals surface area contributed by atoms with Crippen LogP contribution in [0.1, 0.15) is 34.5 Å². The third-order valence-electron chi connectivity index (χ3n) is 5.28. The number of thiocarbonyl (C=S) groups is 1. The second-order valence-corrected chi connectivity index (χ2v) is 9.12. The molecule has 0 bridgehead atoms. The van der Waals surface area contributed by atoms with Gasteiger partial charge in [0.15, 0.2) is 10.3 Å². The van der Waals surface area contributed by atoms with E-state index >= 15 is 0 Å². The molecule has 2 heterocycles. The van der Waals surface area contributed by atoms with Crippen LogP contribution in [0, 0.1) is 13.8 Å². The van der Waals surface area contributed by atoms with Crippen LogP contribution in [-0.2, 0) is 10.5 Å². The number of hydrogen-bond acceptors (Lipinski definition) is 6. The maximum Gasteiger partial charge on any atom is 0.281 e. The molecule has 0 radical (unpaired) electrons. The maximum absolute atomic E-state index is 13.1. The van der Waals surface area contributed by atoms with Crippen molar-refractivity contribution in [1.29, 1.82) is 0 Å². The van der Waals surface area contributed by atoms with Gasteiger partial charge in [-0.25, -0.2) is 18.7 Å². The van der Waals surface area contributed by atoms with Crippen LogP contribution in [0.5, 0.6) is 5.75 Å². The summed E-state index contributed by atoms with van der Waals surface area (Å²) < 4.78 is 31.7. The molecule has 1 N–H and O–H groups in total. The number of methoxy groups -OCH3 is 1. The molecule has 1 fully saturated rings. The first kappa shape index (κ1) is 24.7. The van der Waals surface area contributed by atoms with Crippen molar-refractivity contribution >= 4 is 46.8 Å². The summed E-state index contributed by atoms with van der Waals surface area (Å²) in [5.74, 6) is 0.773. The van der Waals surface area contributed by atoms with E-state index in [9.17, 15) is 13.6 Å². The highest BCUT2D eigenvalue weighted by Gasteiger charge is 2.32. The van der Waals surface area contributed by atoms with Crippen LogP contribution >= 0.6 is 24.0 Å². The molecule has 1 aromatic heterocycles. The second-order valence-electron chi connectivity index (χ2n) is 7.79. The number of aryl methyl sites for hydroxylation is 2. The summed E-state index contributed by atoms with van der Waals surface area (Å²) >= 11 is 6.65. The lowest BCUT2D eigenvalue weighted by molar-refractivity contribution is -0.113. The minimum atomic E-state index is -2.66. The summed E-state index contributed by atoms with van der Waals surface area (Å²) in [6.45, 7) is 3.57. The van der Waals surface area contributed by atoms with Gasteiger partial charge in [0, 0.05) is 17.0 Å². The van der Waals surface area contributed by atoms with Gasteiger partial charge in [-0.05, 0) is 67.5 Å². The van der Waals surface area contributed by atoms with Gasteiger partial charge in [0.1, 0.15) is 17.1 Å². The van der Waals surface area contributed by atoms with Crippen molar-refractivity contribution in [2.45, 2.75) is 31.2 Å². The van der Waals surface area contributed by atoms with E-state index in [0.29, 0.717) is 28.0 Å². The molecule has 180 valence electrons. The van der Waals surface area contributed by atoms with Gasteiger partial charge in [-0.3, -0.25) is 9.69 Å². The van der Waals surface area contributed by atoms with Crippen molar-refractivity contribution in [3.63, 3.8) is 0 Å². The first-order valence-corrected chi connectivity index (χ1v) is 12.0. The van der Waals surface area contributed by atoms with E-state index in [0.717, 1.165) is 22.4 Å². The number of para-hydroxylation sites is 1. The van der Waals surface area contributed by atoms with Crippen molar-refractivity contribution in [2.75, 3.05) is 12.0 Å². The van der Waals surface area contributed by atoms with Crippen LogP contribution in [0.15, 0.2) is 59.4 Å². The summed E-state index contributed by atoms with van der Waals surface area (Å²) in [7, 11) is 1.56. The van der Waals surface area contributed by atoms with Gasteiger partial charge in [-0.15, -0.1) is 0 Å². The van der Waals surface area contributed by atoms with Gasteiger partial charge in [0.05, 0.1) is 12.8 Å². The summed E-state index contributed by atoms with van der Waals surface area (Å²) in [5.41, 5.74) is 3.75. The number of nitrogens with one attached hydrogen (secondary N) is 1. The predicted molar refractivity (Wildman–Crippen MR) is 137 cm³/mol. The number of benzene rings is 2. The van der Waals surface area contributed by atoms with Crippen LogP contribution < -0.4 is 15.0 Å². The molecular formula is C25H22F2N4O2S2. The highest BCUT2D eigenvalue weighted by molar-refractivity contribution is 7.98. The first-order chi connectivity index (χ1) is 16.8. The van der Waals surface area contributed by atoms with Crippen molar-refractivity contribution in [3.8, 4) is 5.75 Å².